The van der Waals surface area contributed by atoms with Gasteiger partial charge < -0.3 is 20.1 Å². The lowest BCUT2D eigenvalue weighted by molar-refractivity contribution is -0.116. The Bertz CT molecular complexity index is 791. The molecule has 0 unspecified atom stereocenters. The highest BCUT2D eigenvalue weighted by Gasteiger charge is 2.19. The second kappa shape index (κ2) is 8.09. The molecule has 8 heteroatoms. The number of hydrogen-bond acceptors (Lipinski definition) is 4. The molecule has 0 spiro atoms. The molecule has 0 fully saturated rings. The molecule has 6 nitrogen and oxygen atoms in total. The summed E-state index contributed by atoms with van der Waals surface area (Å²) >= 11 is 12.0. The van der Waals surface area contributed by atoms with E-state index in [2.05, 4.69) is 5.32 Å². The topological polar surface area (TPSA) is 78.9 Å². The molecule has 2 amide bonds. The summed E-state index contributed by atoms with van der Waals surface area (Å²) in [4.78, 5) is 25.7. The number of para-hydroxylation sites is 1. The molecule has 2 aromatic rings. The highest BCUT2D eigenvalue weighted by molar-refractivity contribution is 6.39. The van der Waals surface area contributed by atoms with Gasteiger partial charge in [-0.3, -0.25) is 9.59 Å². The number of amides is 2. The van der Waals surface area contributed by atoms with Gasteiger partial charge in [0.1, 0.15) is 11.5 Å². The normalized spacial score (nSPS) is 10.2. The summed E-state index contributed by atoms with van der Waals surface area (Å²) in [5.41, 5.74) is 0.343. The van der Waals surface area contributed by atoms with Gasteiger partial charge in [-0.25, -0.2) is 0 Å². The first kappa shape index (κ1) is 18.9. The van der Waals surface area contributed by atoms with Crippen LogP contribution in [0, 0.1) is 0 Å². The standard InChI is InChI=1S/C17H16Cl2N2O4/c1-21(17(24)11-7-6-10(25-2)8-14(11)22)9-15(23)20-16-12(18)4-3-5-13(16)19/h3-8,22H,9H2,1-2H3,(H,20,23). The third kappa shape index (κ3) is 4.55. The van der Waals surface area contributed by atoms with Crippen molar-refractivity contribution in [3.05, 3.63) is 52.0 Å². The molecule has 0 saturated carbocycles. The van der Waals surface area contributed by atoms with E-state index < -0.39 is 11.8 Å². The summed E-state index contributed by atoms with van der Waals surface area (Å²) in [5, 5.41) is 13.1. The summed E-state index contributed by atoms with van der Waals surface area (Å²) in [6, 6.07) is 9.13. The van der Waals surface area contributed by atoms with Crippen LogP contribution in [-0.4, -0.2) is 42.5 Å². The number of aromatic hydroxyl groups is 1. The average molecular weight is 383 g/mol. The molecule has 0 aromatic heterocycles. The fourth-order valence-electron chi connectivity index (χ4n) is 2.11. The molecule has 2 N–H and O–H groups in total. The second-order valence-corrected chi connectivity index (χ2v) is 6.00. The molecule has 2 aromatic carbocycles. The number of methoxy groups -OCH3 is 1. The van der Waals surface area contributed by atoms with Gasteiger partial charge in [-0.2, -0.15) is 0 Å². The van der Waals surface area contributed by atoms with Gasteiger partial charge in [-0.05, 0) is 24.3 Å². The minimum atomic E-state index is -0.513. The molecule has 0 saturated heterocycles. The fraction of sp³-hybridized carbons (Fsp3) is 0.176. The summed E-state index contributed by atoms with van der Waals surface area (Å²) in [6.45, 7) is -0.244. The van der Waals surface area contributed by atoms with Crippen LogP contribution in [0.5, 0.6) is 11.5 Å². The minimum absolute atomic E-state index is 0.0619. The van der Waals surface area contributed by atoms with Crippen LogP contribution in [0.3, 0.4) is 0 Å². The molecular weight excluding hydrogens is 367 g/mol. The van der Waals surface area contributed by atoms with Crippen LogP contribution in [0.15, 0.2) is 36.4 Å². The lowest BCUT2D eigenvalue weighted by Gasteiger charge is -2.18. The number of phenolic OH excluding ortho intramolecular Hbond substituents is 1. The Morgan fingerprint density at radius 2 is 1.84 bits per heavy atom. The lowest BCUT2D eigenvalue weighted by atomic mass is 10.1. The van der Waals surface area contributed by atoms with Crippen LogP contribution in [0.4, 0.5) is 5.69 Å². The van der Waals surface area contributed by atoms with Gasteiger partial charge in [-0.15, -0.1) is 0 Å². The van der Waals surface area contributed by atoms with E-state index in [0.29, 0.717) is 15.8 Å². The van der Waals surface area contributed by atoms with Gasteiger partial charge in [0.05, 0.1) is 35.0 Å². The van der Waals surface area contributed by atoms with E-state index in [1.54, 1.807) is 24.3 Å². The third-order valence-corrected chi connectivity index (χ3v) is 4.02. The van der Waals surface area contributed by atoms with E-state index in [1.165, 1.54) is 31.2 Å². The number of carbonyl (C=O) groups is 2. The highest BCUT2D eigenvalue weighted by atomic mass is 35.5. The van der Waals surface area contributed by atoms with Crippen molar-refractivity contribution in [2.75, 3.05) is 26.0 Å². The average Bonchev–Trinajstić information content (AvgIpc) is 2.57. The van der Waals surface area contributed by atoms with Crippen LogP contribution in [0.1, 0.15) is 10.4 Å². The monoisotopic (exact) mass is 382 g/mol. The largest absolute Gasteiger partial charge is 0.507 e. The van der Waals surface area contributed by atoms with Gasteiger partial charge in [0, 0.05) is 13.1 Å². The molecular formula is C17H16Cl2N2O4. The summed E-state index contributed by atoms with van der Waals surface area (Å²) in [7, 11) is 2.90. The van der Waals surface area contributed by atoms with Crippen LogP contribution < -0.4 is 10.1 Å². The fourth-order valence-corrected chi connectivity index (χ4v) is 2.60. The predicted molar refractivity (Wildman–Crippen MR) is 96.7 cm³/mol. The van der Waals surface area contributed by atoms with E-state index in [0.717, 1.165) is 0 Å². The van der Waals surface area contributed by atoms with Gasteiger partial charge in [0.25, 0.3) is 5.91 Å². The Balaban J connectivity index is 2.07. The smallest absolute Gasteiger partial charge is 0.257 e. The third-order valence-electron chi connectivity index (χ3n) is 3.39. The molecule has 0 atom stereocenters. The van der Waals surface area contributed by atoms with Crippen molar-refractivity contribution >= 4 is 40.7 Å². The van der Waals surface area contributed by atoms with Crippen molar-refractivity contribution in [1.82, 2.24) is 4.90 Å². The number of rotatable bonds is 5. The zero-order valence-electron chi connectivity index (χ0n) is 13.5. The molecule has 0 aliphatic carbocycles. The number of likely N-dealkylation sites (N-methyl/N-ethyl adjacent to an activating group) is 1. The molecule has 0 aliphatic rings. The number of carbonyl (C=O) groups excluding carboxylic acids is 2. The number of anilines is 1. The van der Waals surface area contributed by atoms with Crippen molar-refractivity contribution < 1.29 is 19.4 Å². The SMILES string of the molecule is COc1ccc(C(=O)N(C)CC(=O)Nc2c(Cl)cccc2Cl)c(O)c1. The Hall–Kier alpha value is -2.44. The number of nitrogens with zero attached hydrogens (tertiary/aromatic N) is 1. The van der Waals surface area contributed by atoms with E-state index >= 15 is 0 Å². The Labute approximate surface area is 154 Å². The second-order valence-electron chi connectivity index (χ2n) is 5.19. The van der Waals surface area contributed by atoms with Crippen molar-refractivity contribution in [2.45, 2.75) is 0 Å². The molecule has 132 valence electrons. The minimum Gasteiger partial charge on any atom is -0.507 e. The van der Waals surface area contributed by atoms with Gasteiger partial charge >= 0.3 is 0 Å². The van der Waals surface area contributed by atoms with Crippen molar-refractivity contribution in [2.24, 2.45) is 0 Å². The number of nitrogens with one attached hydrogen (secondary N) is 1. The summed E-state index contributed by atoms with van der Waals surface area (Å²) in [5.74, 6) is -0.798. The van der Waals surface area contributed by atoms with Crippen molar-refractivity contribution in [3.63, 3.8) is 0 Å². The maximum atomic E-state index is 12.4. The summed E-state index contributed by atoms with van der Waals surface area (Å²) < 4.78 is 4.97. The first-order chi connectivity index (χ1) is 11.8. The number of ether oxygens (including phenoxy) is 1. The number of halogens is 2. The number of hydrogen-bond donors (Lipinski definition) is 2. The number of benzene rings is 2. The van der Waals surface area contributed by atoms with Gasteiger partial charge in [0.2, 0.25) is 5.91 Å². The number of phenols is 1. The Kier molecular flexibility index (Phi) is 6.12. The highest BCUT2D eigenvalue weighted by Crippen LogP contribution is 2.29. The maximum absolute atomic E-state index is 12.4. The van der Waals surface area contributed by atoms with E-state index in [4.69, 9.17) is 27.9 Å². The van der Waals surface area contributed by atoms with Crippen molar-refractivity contribution in [1.29, 1.82) is 0 Å². The van der Waals surface area contributed by atoms with E-state index in [-0.39, 0.29) is 23.5 Å². The molecule has 0 heterocycles. The molecule has 0 aliphatic heterocycles. The van der Waals surface area contributed by atoms with E-state index in [9.17, 15) is 14.7 Å². The van der Waals surface area contributed by atoms with Crippen LogP contribution in [-0.2, 0) is 4.79 Å². The lowest BCUT2D eigenvalue weighted by Crippen LogP contribution is -2.35. The Morgan fingerprint density at radius 3 is 2.40 bits per heavy atom. The molecule has 2 rings (SSSR count). The quantitative estimate of drug-likeness (QED) is 0.830. The van der Waals surface area contributed by atoms with Gasteiger partial charge in [0.15, 0.2) is 0 Å². The van der Waals surface area contributed by atoms with E-state index in [1.807, 2.05) is 0 Å². The zero-order valence-corrected chi connectivity index (χ0v) is 15.1. The van der Waals surface area contributed by atoms with Crippen LogP contribution in [0.2, 0.25) is 10.0 Å². The van der Waals surface area contributed by atoms with Gasteiger partial charge in [-0.1, -0.05) is 29.3 Å². The molecule has 25 heavy (non-hydrogen) atoms. The maximum Gasteiger partial charge on any atom is 0.257 e. The molecule has 0 bridgehead atoms. The molecule has 0 radical (unpaired) electrons. The summed E-state index contributed by atoms with van der Waals surface area (Å²) in [6.07, 6.45) is 0. The predicted octanol–water partition coefficient (Wildman–Crippen LogP) is 3.42. The first-order valence-corrected chi connectivity index (χ1v) is 7.95. The van der Waals surface area contributed by atoms with Crippen molar-refractivity contribution in [3.8, 4) is 11.5 Å². The Morgan fingerprint density at radius 1 is 1.20 bits per heavy atom. The van der Waals surface area contributed by atoms with Crippen LogP contribution >= 0.6 is 23.2 Å². The zero-order chi connectivity index (χ0) is 18.6. The van der Waals surface area contributed by atoms with Crippen LogP contribution in [0.25, 0.3) is 0 Å². The first-order valence-electron chi connectivity index (χ1n) is 7.19.